The lowest BCUT2D eigenvalue weighted by Gasteiger charge is -2.18. The van der Waals surface area contributed by atoms with Crippen LogP contribution in [0.3, 0.4) is 0 Å². The van der Waals surface area contributed by atoms with Crippen LogP contribution in [0.5, 0.6) is 0 Å². The van der Waals surface area contributed by atoms with Crippen LogP contribution in [0.2, 0.25) is 0 Å². The van der Waals surface area contributed by atoms with Crippen molar-refractivity contribution in [2.75, 3.05) is 13.1 Å². The Morgan fingerprint density at radius 2 is 2.00 bits per heavy atom. The van der Waals surface area contributed by atoms with Gasteiger partial charge in [-0.3, -0.25) is 14.3 Å². The van der Waals surface area contributed by atoms with Crippen molar-refractivity contribution in [2.24, 2.45) is 0 Å². The fourth-order valence-corrected chi connectivity index (χ4v) is 4.00. The highest BCUT2D eigenvalue weighted by Gasteiger charge is 2.20. The summed E-state index contributed by atoms with van der Waals surface area (Å²) in [6.07, 6.45) is -0.0503. The molecule has 0 spiro atoms. The summed E-state index contributed by atoms with van der Waals surface area (Å²) in [4.78, 5) is 26.7. The minimum atomic E-state index is -0.901. The van der Waals surface area contributed by atoms with Crippen LogP contribution in [0.4, 0.5) is 0 Å². The predicted octanol–water partition coefficient (Wildman–Crippen LogP) is 3.39. The molecule has 6 nitrogen and oxygen atoms in total. The number of carboxylic acids is 1. The molecule has 2 heterocycles. The van der Waals surface area contributed by atoms with E-state index in [2.05, 4.69) is 5.10 Å². The van der Waals surface area contributed by atoms with Crippen LogP contribution in [0.25, 0.3) is 10.2 Å². The maximum absolute atomic E-state index is 12.8. The highest BCUT2D eigenvalue weighted by Crippen LogP contribution is 2.29. The first-order valence-electron chi connectivity index (χ1n) is 8.51. The molecule has 0 saturated carbocycles. The topological polar surface area (TPSA) is 75.4 Å². The Morgan fingerprint density at radius 3 is 2.65 bits per heavy atom. The number of aromatic nitrogens is 2. The number of aryl methyl sites for hydroxylation is 1. The number of carboxylic acid groups (broad SMARTS) is 1. The number of fused-ring (bicyclic) bond motifs is 1. The van der Waals surface area contributed by atoms with Gasteiger partial charge in [0, 0.05) is 18.5 Å². The molecule has 1 N–H and O–H groups in total. The summed E-state index contributed by atoms with van der Waals surface area (Å²) in [6, 6.07) is 11.9. The minimum absolute atomic E-state index is 0.0503. The van der Waals surface area contributed by atoms with Gasteiger partial charge in [0.2, 0.25) is 0 Å². The summed E-state index contributed by atoms with van der Waals surface area (Å²) in [7, 11) is 0. The van der Waals surface area contributed by atoms with E-state index in [9.17, 15) is 9.59 Å². The zero-order valence-corrected chi connectivity index (χ0v) is 15.6. The molecule has 0 saturated heterocycles. The van der Waals surface area contributed by atoms with E-state index >= 15 is 0 Å². The van der Waals surface area contributed by atoms with Gasteiger partial charge in [-0.1, -0.05) is 30.3 Å². The lowest BCUT2D eigenvalue weighted by molar-refractivity contribution is -0.137. The number of amides is 1. The van der Waals surface area contributed by atoms with E-state index in [1.165, 1.54) is 11.3 Å². The molecule has 0 radical (unpaired) electrons. The first kappa shape index (κ1) is 18.1. The number of aliphatic carboxylic acids is 1. The van der Waals surface area contributed by atoms with E-state index in [4.69, 9.17) is 5.11 Å². The van der Waals surface area contributed by atoms with Gasteiger partial charge in [0.05, 0.1) is 23.5 Å². The summed E-state index contributed by atoms with van der Waals surface area (Å²) in [5.41, 5.74) is 2.04. The summed E-state index contributed by atoms with van der Waals surface area (Å²) in [6.45, 7) is 5.14. The van der Waals surface area contributed by atoms with E-state index in [-0.39, 0.29) is 18.9 Å². The highest BCUT2D eigenvalue weighted by molar-refractivity contribution is 7.20. The maximum Gasteiger partial charge on any atom is 0.305 e. The Kier molecular flexibility index (Phi) is 5.37. The number of nitrogens with zero attached hydrogens (tertiary/aromatic N) is 3. The van der Waals surface area contributed by atoms with Crippen LogP contribution in [0.1, 0.15) is 34.3 Å². The molecular weight excluding hydrogens is 350 g/mol. The van der Waals surface area contributed by atoms with Gasteiger partial charge in [-0.15, -0.1) is 11.3 Å². The Morgan fingerprint density at radius 1 is 1.27 bits per heavy atom. The first-order chi connectivity index (χ1) is 12.5. The molecule has 3 rings (SSSR count). The summed E-state index contributed by atoms with van der Waals surface area (Å²) in [5, 5.41) is 14.4. The maximum atomic E-state index is 12.8. The van der Waals surface area contributed by atoms with Crippen LogP contribution >= 0.6 is 11.3 Å². The molecule has 1 amide bonds. The molecule has 0 aliphatic carbocycles. The fourth-order valence-electron chi connectivity index (χ4n) is 2.87. The molecule has 136 valence electrons. The second kappa shape index (κ2) is 7.70. The van der Waals surface area contributed by atoms with Gasteiger partial charge >= 0.3 is 5.97 Å². The SMILES string of the molecule is CCN(CCC(=O)O)C(=O)c1cc2c(C)nn(Cc3ccccc3)c2s1. The zero-order chi connectivity index (χ0) is 18.7. The Hall–Kier alpha value is -2.67. The molecular formula is C19H21N3O3S. The summed E-state index contributed by atoms with van der Waals surface area (Å²) >= 11 is 1.41. The lowest BCUT2D eigenvalue weighted by atomic mass is 10.2. The molecule has 7 heteroatoms. The molecule has 3 aromatic rings. The van der Waals surface area contributed by atoms with Crippen molar-refractivity contribution in [3.8, 4) is 0 Å². The van der Waals surface area contributed by atoms with Gasteiger partial charge < -0.3 is 10.0 Å². The van der Waals surface area contributed by atoms with E-state index < -0.39 is 5.97 Å². The quantitative estimate of drug-likeness (QED) is 0.691. The van der Waals surface area contributed by atoms with Gasteiger partial charge in [-0.2, -0.15) is 5.10 Å². The third-order valence-electron chi connectivity index (χ3n) is 4.26. The van der Waals surface area contributed by atoms with Crippen molar-refractivity contribution in [1.82, 2.24) is 14.7 Å². The van der Waals surface area contributed by atoms with Crippen molar-refractivity contribution in [3.63, 3.8) is 0 Å². The Labute approximate surface area is 155 Å². The number of benzene rings is 1. The average Bonchev–Trinajstić information content (AvgIpc) is 3.18. The normalized spacial score (nSPS) is 11.0. The van der Waals surface area contributed by atoms with Gasteiger partial charge in [0.1, 0.15) is 4.83 Å². The second-order valence-electron chi connectivity index (χ2n) is 6.09. The smallest absolute Gasteiger partial charge is 0.305 e. The molecule has 0 fully saturated rings. The fraction of sp³-hybridized carbons (Fsp3) is 0.316. The Bertz CT molecular complexity index is 930. The minimum Gasteiger partial charge on any atom is -0.481 e. The zero-order valence-electron chi connectivity index (χ0n) is 14.8. The van der Waals surface area contributed by atoms with Crippen molar-refractivity contribution < 1.29 is 14.7 Å². The number of hydrogen-bond acceptors (Lipinski definition) is 4. The number of hydrogen-bond donors (Lipinski definition) is 1. The average molecular weight is 371 g/mol. The molecule has 0 bridgehead atoms. The monoisotopic (exact) mass is 371 g/mol. The van der Waals surface area contributed by atoms with E-state index in [1.54, 1.807) is 4.90 Å². The van der Waals surface area contributed by atoms with Crippen molar-refractivity contribution in [3.05, 3.63) is 52.5 Å². The number of carbonyl (C=O) groups excluding carboxylic acids is 1. The van der Waals surface area contributed by atoms with Gasteiger partial charge in [-0.25, -0.2) is 0 Å². The molecule has 26 heavy (non-hydrogen) atoms. The third kappa shape index (κ3) is 3.77. The van der Waals surface area contributed by atoms with Gasteiger partial charge in [-0.05, 0) is 25.5 Å². The molecule has 2 aromatic heterocycles. The summed E-state index contributed by atoms with van der Waals surface area (Å²) in [5.74, 6) is -1.03. The number of thiophene rings is 1. The standard InChI is InChI=1S/C19H21N3O3S/c1-3-21(10-9-17(23)24)18(25)16-11-15-13(2)20-22(19(15)26-16)12-14-7-5-4-6-8-14/h4-8,11H,3,9-10,12H2,1-2H3,(H,23,24). The largest absolute Gasteiger partial charge is 0.481 e. The number of rotatable bonds is 7. The molecule has 0 aliphatic heterocycles. The van der Waals surface area contributed by atoms with Crippen LogP contribution in [-0.2, 0) is 11.3 Å². The van der Waals surface area contributed by atoms with Crippen LogP contribution < -0.4 is 0 Å². The van der Waals surface area contributed by atoms with Crippen molar-refractivity contribution in [2.45, 2.75) is 26.8 Å². The summed E-state index contributed by atoms with van der Waals surface area (Å²) < 4.78 is 1.93. The van der Waals surface area contributed by atoms with Gasteiger partial charge in [0.25, 0.3) is 5.91 Å². The number of carbonyl (C=O) groups is 2. The second-order valence-corrected chi connectivity index (χ2v) is 7.12. The predicted molar refractivity (Wildman–Crippen MR) is 102 cm³/mol. The Balaban J connectivity index is 1.87. The van der Waals surface area contributed by atoms with Crippen LogP contribution in [0, 0.1) is 6.92 Å². The van der Waals surface area contributed by atoms with Crippen molar-refractivity contribution >= 4 is 33.4 Å². The lowest BCUT2D eigenvalue weighted by Crippen LogP contribution is -2.32. The molecule has 0 unspecified atom stereocenters. The molecule has 0 aliphatic rings. The van der Waals surface area contributed by atoms with E-state index in [0.29, 0.717) is 18.0 Å². The third-order valence-corrected chi connectivity index (χ3v) is 5.39. The van der Waals surface area contributed by atoms with Crippen LogP contribution in [0.15, 0.2) is 36.4 Å². The highest BCUT2D eigenvalue weighted by atomic mass is 32.1. The first-order valence-corrected chi connectivity index (χ1v) is 9.33. The van der Waals surface area contributed by atoms with E-state index in [1.807, 2.05) is 54.9 Å². The van der Waals surface area contributed by atoms with E-state index in [0.717, 1.165) is 21.5 Å². The molecule has 0 atom stereocenters. The van der Waals surface area contributed by atoms with Gasteiger partial charge in [0.15, 0.2) is 0 Å². The van der Waals surface area contributed by atoms with Crippen molar-refractivity contribution in [1.29, 1.82) is 0 Å². The molecule has 1 aromatic carbocycles. The van der Waals surface area contributed by atoms with Crippen LogP contribution in [-0.4, -0.2) is 44.8 Å².